The molecule has 0 aromatic heterocycles. The number of hydrogen-bond acceptors (Lipinski definition) is 1. The fraction of sp³-hybridized carbons (Fsp3) is 0.609. The molecule has 24 heavy (non-hydrogen) atoms. The molecular weight excluding hydrogens is 290 g/mol. The number of nitrogens with zero attached hydrogens (tertiary/aromatic N) is 1. The molecule has 0 aliphatic heterocycles. The van der Waals surface area contributed by atoms with Gasteiger partial charge in [0.1, 0.15) is 0 Å². The van der Waals surface area contributed by atoms with Crippen molar-refractivity contribution in [2.75, 3.05) is 0 Å². The van der Waals surface area contributed by atoms with Crippen molar-refractivity contribution >= 4 is 0 Å². The lowest BCUT2D eigenvalue weighted by atomic mass is 9.78. The highest BCUT2D eigenvalue weighted by molar-refractivity contribution is 5.22. The smallest absolute Gasteiger partial charge is 0.0908 e. The molecule has 0 radical (unpaired) electrons. The highest BCUT2D eigenvalue weighted by atomic mass is 14.3. The molecule has 2 rings (SSSR count). The summed E-state index contributed by atoms with van der Waals surface area (Å²) in [4.78, 5) is 0. The van der Waals surface area contributed by atoms with Gasteiger partial charge >= 0.3 is 0 Å². The van der Waals surface area contributed by atoms with E-state index in [0.717, 1.165) is 24.7 Å². The third-order valence-electron chi connectivity index (χ3n) is 5.66. The van der Waals surface area contributed by atoms with Gasteiger partial charge in [-0.05, 0) is 55.1 Å². The Bertz CT molecular complexity index is 512. The van der Waals surface area contributed by atoms with Gasteiger partial charge in [-0.25, -0.2) is 0 Å². The number of unbranched alkanes of at least 4 members (excludes halogenated alkanes) is 1. The van der Waals surface area contributed by atoms with E-state index in [1.807, 2.05) is 6.08 Å². The molecule has 1 nitrogen and oxygen atoms in total. The van der Waals surface area contributed by atoms with Gasteiger partial charge in [-0.15, -0.1) is 0 Å². The molecule has 0 unspecified atom stereocenters. The molecule has 0 saturated heterocycles. The Labute approximate surface area is 148 Å². The molecule has 130 valence electrons. The Morgan fingerprint density at radius 3 is 2.21 bits per heavy atom. The topological polar surface area (TPSA) is 23.8 Å². The first-order valence-corrected chi connectivity index (χ1v) is 9.94. The summed E-state index contributed by atoms with van der Waals surface area (Å²) in [7, 11) is 0. The van der Waals surface area contributed by atoms with Crippen LogP contribution in [0.3, 0.4) is 0 Å². The van der Waals surface area contributed by atoms with Crippen molar-refractivity contribution in [3.63, 3.8) is 0 Å². The molecule has 1 aromatic carbocycles. The van der Waals surface area contributed by atoms with E-state index in [0.29, 0.717) is 0 Å². The summed E-state index contributed by atoms with van der Waals surface area (Å²) in [5.41, 5.74) is 2.94. The lowest BCUT2D eigenvalue weighted by Crippen LogP contribution is -2.14. The first-order chi connectivity index (χ1) is 11.8. The Morgan fingerprint density at radius 2 is 1.58 bits per heavy atom. The highest BCUT2D eigenvalue weighted by Crippen LogP contribution is 2.34. The predicted octanol–water partition coefficient (Wildman–Crippen LogP) is 6.63. The minimum Gasteiger partial charge on any atom is -0.193 e. The van der Waals surface area contributed by atoms with Crippen LogP contribution < -0.4 is 0 Å². The standard InChI is InChI=1S/C23H33N/c1-2-20-11-13-22(14-12-20)9-5-6-10-23-17-15-21(16-18-23)8-4-3-7-19-24/h3,7,11-14,21,23H,2,4-6,8-10,15-18H2,1H3/b7-3+/t21-,23-. The van der Waals surface area contributed by atoms with E-state index in [9.17, 15) is 0 Å². The molecule has 1 fully saturated rings. The maximum Gasteiger partial charge on any atom is 0.0908 e. The summed E-state index contributed by atoms with van der Waals surface area (Å²) < 4.78 is 0. The molecule has 0 N–H and O–H groups in total. The van der Waals surface area contributed by atoms with Crippen LogP contribution in [0.25, 0.3) is 0 Å². The lowest BCUT2D eigenvalue weighted by molar-refractivity contribution is 0.250. The summed E-state index contributed by atoms with van der Waals surface area (Å²) >= 11 is 0. The molecule has 0 amide bonds. The van der Waals surface area contributed by atoms with Gasteiger partial charge < -0.3 is 0 Å². The van der Waals surface area contributed by atoms with E-state index >= 15 is 0 Å². The molecule has 0 bridgehead atoms. The molecular formula is C23H33N. The predicted molar refractivity (Wildman–Crippen MR) is 103 cm³/mol. The Kier molecular flexibility index (Phi) is 8.67. The van der Waals surface area contributed by atoms with Crippen LogP contribution in [0, 0.1) is 23.2 Å². The van der Waals surface area contributed by atoms with E-state index < -0.39 is 0 Å². The van der Waals surface area contributed by atoms with Gasteiger partial charge in [-0.1, -0.05) is 75.8 Å². The van der Waals surface area contributed by atoms with Crippen LogP contribution in [0.4, 0.5) is 0 Å². The number of hydrogen-bond donors (Lipinski definition) is 0. The second-order valence-corrected chi connectivity index (χ2v) is 7.41. The van der Waals surface area contributed by atoms with Crippen LogP contribution in [0.15, 0.2) is 36.4 Å². The van der Waals surface area contributed by atoms with Gasteiger partial charge in [0.05, 0.1) is 6.07 Å². The maximum atomic E-state index is 8.50. The summed E-state index contributed by atoms with van der Waals surface area (Å²) in [6.07, 6.45) is 18.2. The molecule has 0 atom stereocenters. The average Bonchev–Trinajstić information content (AvgIpc) is 2.64. The zero-order chi connectivity index (χ0) is 17.0. The third kappa shape index (κ3) is 6.91. The SMILES string of the molecule is CCc1ccc(CCCC[C@H]2CC[C@H](CC/C=C/C#N)CC2)cc1. The Hall–Kier alpha value is -1.55. The van der Waals surface area contributed by atoms with Crippen molar-refractivity contribution < 1.29 is 0 Å². The zero-order valence-corrected chi connectivity index (χ0v) is 15.3. The Balaban J connectivity index is 1.54. The Morgan fingerprint density at radius 1 is 0.958 bits per heavy atom. The number of allylic oxidation sites excluding steroid dienone is 2. The largest absolute Gasteiger partial charge is 0.193 e. The quantitative estimate of drug-likeness (QED) is 0.369. The maximum absolute atomic E-state index is 8.50. The summed E-state index contributed by atoms with van der Waals surface area (Å²) in [5, 5.41) is 8.50. The minimum absolute atomic E-state index is 0.904. The van der Waals surface area contributed by atoms with Crippen LogP contribution in [-0.4, -0.2) is 0 Å². The van der Waals surface area contributed by atoms with Gasteiger partial charge in [0.25, 0.3) is 0 Å². The van der Waals surface area contributed by atoms with Crippen LogP contribution in [-0.2, 0) is 12.8 Å². The first-order valence-electron chi connectivity index (χ1n) is 9.94. The van der Waals surface area contributed by atoms with E-state index in [1.54, 1.807) is 6.08 Å². The summed E-state index contributed by atoms with van der Waals surface area (Å²) in [6.45, 7) is 2.22. The zero-order valence-electron chi connectivity index (χ0n) is 15.3. The molecule has 1 saturated carbocycles. The van der Waals surface area contributed by atoms with Gasteiger partial charge in [-0.3, -0.25) is 0 Å². The number of rotatable bonds is 9. The fourth-order valence-electron chi connectivity index (χ4n) is 3.98. The monoisotopic (exact) mass is 323 g/mol. The number of nitriles is 1. The van der Waals surface area contributed by atoms with Crippen molar-refractivity contribution in [3.8, 4) is 6.07 Å². The summed E-state index contributed by atoms with van der Waals surface area (Å²) in [6, 6.07) is 11.3. The normalized spacial score (nSPS) is 21.0. The fourth-order valence-corrected chi connectivity index (χ4v) is 3.98. The van der Waals surface area contributed by atoms with Crippen LogP contribution in [0.5, 0.6) is 0 Å². The van der Waals surface area contributed by atoms with Gasteiger partial charge in [0.15, 0.2) is 0 Å². The third-order valence-corrected chi connectivity index (χ3v) is 5.66. The molecule has 1 aliphatic carbocycles. The van der Waals surface area contributed by atoms with E-state index in [4.69, 9.17) is 5.26 Å². The first kappa shape index (κ1) is 18.8. The van der Waals surface area contributed by atoms with Gasteiger partial charge in [0, 0.05) is 6.08 Å². The molecule has 1 heteroatoms. The van der Waals surface area contributed by atoms with Crippen LogP contribution in [0.1, 0.15) is 75.8 Å². The van der Waals surface area contributed by atoms with Crippen LogP contribution in [0.2, 0.25) is 0 Å². The number of aryl methyl sites for hydroxylation is 2. The van der Waals surface area contributed by atoms with Gasteiger partial charge in [-0.2, -0.15) is 5.26 Å². The van der Waals surface area contributed by atoms with Gasteiger partial charge in [0.2, 0.25) is 0 Å². The van der Waals surface area contributed by atoms with Crippen molar-refractivity contribution in [3.05, 3.63) is 47.5 Å². The molecule has 0 heterocycles. The lowest BCUT2D eigenvalue weighted by Gasteiger charge is -2.28. The van der Waals surface area contributed by atoms with Crippen molar-refractivity contribution in [1.29, 1.82) is 5.26 Å². The number of benzene rings is 1. The molecule has 1 aliphatic rings. The highest BCUT2D eigenvalue weighted by Gasteiger charge is 2.20. The van der Waals surface area contributed by atoms with E-state index in [1.165, 1.54) is 68.9 Å². The summed E-state index contributed by atoms with van der Waals surface area (Å²) in [5.74, 6) is 1.88. The van der Waals surface area contributed by atoms with Crippen molar-refractivity contribution in [2.24, 2.45) is 11.8 Å². The average molecular weight is 324 g/mol. The van der Waals surface area contributed by atoms with Crippen molar-refractivity contribution in [1.82, 2.24) is 0 Å². The van der Waals surface area contributed by atoms with E-state index in [-0.39, 0.29) is 0 Å². The molecule has 0 spiro atoms. The second-order valence-electron chi connectivity index (χ2n) is 7.41. The molecule has 1 aromatic rings. The van der Waals surface area contributed by atoms with Crippen molar-refractivity contribution in [2.45, 2.75) is 77.6 Å². The minimum atomic E-state index is 0.904. The van der Waals surface area contributed by atoms with Crippen LogP contribution >= 0.6 is 0 Å². The van der Waals surface area contributed by atoms with E-state index in [2.05, 4.69) is 37.3 Å². The second kappa shape index (κ2) is 11.1.